The highest BCUT2D eigenvalue weighted by molar-refractivity contribution is 7.83. The zero-order valence-electron chi connectivity index (χ0n) is 11.4. The topological polar surface area (TPSA) is 29.4 Å². The van der Waals surface area contributed by atoms with Crippen molar-refractivity contribution in [1.29, 1.82) is 0 Å². The van der Waals surface area contributed by atoms with Crippen LogP contribution >= 0.6 is 0 Å². The highest BCUT2D eigenvalue weighted by Crippen LogP contribution is 2.11. The summed E-state index contributed by atoms with van der Waals surface area (Å²) in [6.45, 7) is 6.13. The van der Waals surface area contributed by atoms with E-state index in [0.29, 0.717) is 0 Å². The molecule has 2 aromatic rings. The lowest BCUT2D eigenvalue weighted by Gasteiger charge is -2.00. The molecule has 0 heterocycles. The van der Waals surface area contributed by atoms with Crippen molar-refractivity contribution < 1.29 is 4.21 Å². The molecule has 0 spiro atoms. The van der Waals surface area contributed by atoms with Gasteiger partial charge in [-0.15, -0.1) is 0 Å². The maximum atomic E-state index is 12.0. The molecule has 2 aromatic carbocycles. The summed E-state index contributed by atoms with van der Waals surface area (Å²) >= 11 is 0. The first kappa shape index (κ1) is 13.7. The molecule has 2 rings (SSSR count). The summed E-state index contributed by atoms with van der Waals surface area (Å²) in [6.07, 6.45) is 1.67. The summed E-state index contributed by atoms with van der Waals surface area (Å²) in [5.41, 5.74) is 4.59. The molecule has 98 valence electrons. The lowest BCUT2D eigenvalue weighted by Crippen LogP contribution is -1.90. The molecule has 0 aliphatic heterocycles. The summed E-state index contributed by atoms with van der Waals surface area (Å²) in [5.74, 6) is 0. The van der Waals surface area contributed by atoms with Gasteiger partial charge in [-0.3, -0.25) is 0 Å². The third-order valence-electron chi connectivity index (χ3n) is 3.05. The van der Waals surface area contributed by atoms with E-state index in [0.717, 1.165) is 16.0 Å². The van der Waals surface area contributed by atoms with Crippen molar-refractivity contribution in [3.8, 4) is 0 Å². The van der Waals surface area contributed by atoms with Gasteiger partial charge in [-0.05, 0) is 49.6 Å². The number of hydrogen-bond acceptors (Lipinski definition) is 1. The van der Waals surface area contributed by atoms with Crippen LogP contribution in [0, 0.1) is 20.8 Å². The minimum absolute atomic E-state index is 0.727. The molecular weight excluding hydrogens is 254 g/mol. The van der Waals surface area contributed by atoms with Crippen molar-refractivity contribution in [3.05, 3.63) is 64.7 Å². The molecule has 0 aromatic heterocycles. The fourth-order valence-corrected chi connectivity index (χ4v) is 2.38. The van der Waals surface area contributed by atoms with E-state index in [1.165, 1.54) is 11.1 Å². The normalized spacial score (nSPS) is 12.8. The van der Waals surface area contributed by atoms with Crippen LogP contribution in [0.5, 0.6) is 0 Å². The van der Waals surface area contributed by atoms with Gasteiger partial charge in [0.25, 0.3) is 0 Å². The van der Waals surface area contributed by atoms with Crippen molar-refractivity contribution in [3.63, 3.8) is 0 Å². The van der Waals surface area contributed by atoms with Gasteiger partial charge < -0.3 is 0 Å². The molecule has 0 amide bonds. The molecule has 0 fully saturated rings. The molecule has 19 heavy (non-hydrogen) atoms. The fraction of sp³-hybridized carbons (Fsp3) is 0.188. The summed E-state index contributed by atoms with van der Waals surface area (Å²) in [6, 6.07) is 13.7. The largest absolute Gasteiger partial charge is 0.229 e. The van der Waals surface area contributed by atoms with Crippen LogP contribution in [0.15, 0.2) is 51.8 Å². The standard InChI is InChI=1S/C16H17NOS/c1-12-4-8-16(9-5-12)19(18)17-11-15-7-6-13(2)14(3)10-15/h4-11H,1-3H3/b17-11+. The highest BCUT2D eigenvalue weighted by Gasteiger charge is 2.00. The van der Waals surface area contributed by atoms with E-state index >= 15 is 0 Å². The fourth-order valence-electron chi connectivity index (χ4n) is 1.67. The Morgan fingerprint density at radius 2 is 1.63 bits per heavy atom. The molecule has 0 radical (unpaired) electrons. The summed E-state index contributed by atoms with van der Waals surface area (Å²) in [4.78, 5) is 0.727. The number of nitrogens with zero attached hydrogens (tertiary/aromatic N) is 1. The van der Waals surface area contributed by atoms with Crippen molar-refractivity contribution in [2.75, 3.05) is 0 Å². The first-order chi connectivity index (χ1) is 9.06. The van der Waals surface area contributed by atoms with Gasteiger partial charge in [-0.1, -0.05) is 35.9 Å². The van der Waals surface area contributed by atoms with Crippen LogP contribution < -0.4 is 0 Å². The number of aryl methyl sites for hydroxylation is 3. The SMILES string of the molecule is Cc1ccc(S(=O)/N=C/c2ccc(C)c(C)c2)cc1. The molecule has 1 atom stereocenters. The average Bonchev–Trinajstić information content (AvgIpc) is 2.40. The molecule has 0 bridgehead atoms. The Bertz CT molecular complexity index is 630. The van der Waals surface area contributed by atoms with Crippen molar-refractivity contribution in [1.82, 2.24) is 0 Å². The predicted molar refractivity (Wildman–Crippen MR) is 81.1 cm³/mol. The Kier molecular flexibility index (Phi) is 4.27. The lowest BCUT2D eigenvalue weighted by atomic mass is 10.1. The van der Waals surface area contributed by atoms with E-state index in [1.54, 1.807) is 6.21 Å². The first-order valence-corrected chi connectivity index (χ1v) is 7.27. The van der Waals surface area contributed by atoms with E-state index < -0.39 is 11.0 Å². The Morgan fingerprint density at radius 1 is 0.947 bits per heavy atom. The van der Waals surface area contributed by atoms with Crippen LogP contribution in [0.25, 0.3) is 0 Å². The van der Waals surface area contributed by atoms with Crippen molar-refractivity contribution >= 4 is 17.2 Å². The second-order valence-electron chi connectivity index (χ2n) is 4.64. The molecule has 3 heteroatoms. The molecule has 2 nitrogen and oxygen atoms in total. The number of hydrogen-bond donors (Lipinski definition) is 0. The molecule has 0 aliphatic carbocycles. The number of benzene rings is 2. The Balaban J connectivity index is 2.15. The van der Waals surface area contributed by atoms with Gasteiger partial charge in [0, 0.05) is 6.21 Å². The quantitative estimate of drug-likeness (QED) is 0.782. The smallest absolute Gasteiger partial charge is 0.172 e. The van der Waals surface area contributed by atoms with Crippen LogP contribution in [0.4, 0.5) is 0 Å². The van der Waals surface area contributed by atoms with Gasteiger partial charge in [-0.2, -0.15) is 4.40 Å². The summed E-state index contributed by atoms with van der Waals surface area (Å²) in [5, 5.41) is 0. The summed E-state index contributed by atoms with van der Waals surface area (Å²) < 4.78 is 16.1. The predicted octanol–water partition coefficient (Wildman–Crippen LogP) is 3.75. The summed E-state index contributed by atoms with van der Waals surface area (Å²) in [7, 11) is -1.33. The molecular formula is C16H17NOS. The van der Waals surface area contributed by atoms with Gasteiger partial charge in [0.15, 0.2) is 11.0 Å². The van der Waals surface area contributed by atoms with Gasteiger partial charge >= 0.3 is 0 Å². The third-order valence-corrected chi connectivity index (χ3v) is 4.02. The van der Waals surface area contributed by atoms with Crippen molar-refractivity contribution in [2.45, 2.75) is 25.7 Å². The Labute approximate surface area is 116 Å². The maximum absolute atomic E-state index is 12.0. The molecule has 0 saturated heterocycles. The monoisotopic (exact) mass is 271 g/mol. The van der Waals surface area contributed by atoms with Gasteiger partial charge in [0.1, 0.15) is 0 Å². The third kappa shape index (κ3) is 3.61. The second kappa shape index (κ2) is 5.93. The van der Waals surface area contributed by atoms with E-state index in [9.17, 15) is 4.21 Å². The first-order valence-electron chi connectivity index (χ1n) is 6.16. The van der Waals surface area contributed by atoms with Gasteiger partial charge in [-0.25, -0.2) is 4.21 Å². The van der Waals surface area contributed by atoms with Crippen LogP contribution in [-0.4, -0.2) is 10.4 Å². The second-order valence-corrected chi connectivity index (χ2v) is 5.82. The minimum Gasteiger partial charge on any atom is -0.229 e. The molecule has 1 unspecified atom stereocenters. The van der Waals surface area contributed by atoms with Crippen LogP contribution in [0.3, 0.4) is 0 Å². The lowest BCUT2D eigenvalue weighted by molar-refractivity contribution is 0.684. The Morgan fingerprint density at radius 3 is 2.26 bits per heavy atom. The van der Waals surface area contributed by atoms with E-state index in [1.807, 2.05) is 49.4 Å². The van der Waals surface area contributed by atoms with Crippen molar-refractivity contribution in [2.24, 2.45) is 4.40 Å². The van der Waals surface area contributed by atoms with Crippen LogP contribution in [0.2, 0.25) is 0 Å². The molecule has 0 saturated carbocycles. The van der Waals surface area contributed by atoms with E-state index in [2.05, 4.69) is 18.2 Å². The zero-order chi connectivity index (χ0) is 13.8. The molecule has 0 aliphatic rings. The van der Waals surface area contributed by atoms with Crippen LogP contribution in [-0.2, 0) is 11.0 Å². The average molecular weight is 271 g/mol. The van der Waals surface area contributed by atoms with Gasteiger partial charge in [0.05, 0.1) is 4.90 Å². The zero-order valence-corrected chi connectivity index (χ0v) is 12.2. The molecule has 0 N–H and O–H groups in total. The van der Waals surface area contributed by atoms with E-state index in [-0.39, 0.29) is 0 Å². The van der Waals surface area contributed by atoms with E-state index in [4.69, 9.17) is 0 Å². The van der Waals surface area contributed by atoms with Gasteiger partial charge in [0.2, 0.25) is 0 Å². The van der Waals surface area contributed by atoms with Crippen LogP contribution in [0.1, 0.15) is 22.3 Å². The minimum atomic E-state index is -1.33. The maximum Gasteiger partial charge on any atom is 0.172 e. The highest BCUT2D eigenvalue weighted by atomic mass is 32.2. The Hall–Kier alpha value is -1.74. The number of rotatable bonds is 3.